The topological polar surface area (TPSA) is 124 Å². The molecular formula is C23H27ClIN7O2S. The number of pyridine rings is 1. The maximum atomic E-state index is 10.1. The highest BCUT2D eigenvalue weighted by molar-refractivity contribution is 14.1. The molecule has 3 saturated heterocycles. The lowest BCUT2D eigenvalue weighted by molar-refractivity contribution is 0.127. The Kier molecular flexibility index (Phi) is 7.31. The molecule has 12 heteroatoms. The van der Waals surface area contributed by atoms with Crippen molar-refractivity contribution in [3.63, 3.8) is 0 Å². The van der Waals surface area contributed by atoms with E-state index in [1.54, 1.807) is 6.20 Å². The average molecular weight is 628 g/mol. The first-order chi connectivity index (χ1) is 16.8. The third-order valence-corrected chi connectivity index (χ3v) is 9.97. The highest BCUT2D eigenvalue weighted by Gasteiger charge is 2.48. The molecule has 35 heavy (non-hydrogen) atoms. The van der Waals surface area contributed by atoms with Crippen molar-refractivity contribution in [1.82, 2.24) is 15.0 Å². The van der Waals surface area contributed by atoms with Crippen LogP contribution in [0.2, 0.25) is 5.02 Å². The number of hydrogen-bond donors (Lipinski definition) is 2. The van der Waals surface area contributed by atoms with E-state index in [1.165, 1.54) is 11.8 Å². The van der Waals surface area contributed by atoms with Gasteiger partial charge in [-0.15, -0.1) is 0 Å². The summed E-state index contributed by atoms with van der Waals surface area (Å²) in [4.78, 5) is 19.1. The molecule has 2 aromatic rings. The van der Waals surface area contributed by atoms with Crippen LogP contribution in [0.3, 0.4) is 0 Å². The van der Waals surface area contributed by atoms with Gasteiger partial charge in [-0.1, -0.05) is 23.4 Å². The summed E-state index contributed by atoms with van der Waals surface area (Å²) in [6, 6.07) is 4.15. The number of ether oxygens (including phenoxy) is 1. The number of rotatable bonds is 5. The van der Waals surface area contributed by atoms with Crippen LogP contribution in [0.5, 0.6) is 0 Å². The van der Waals surface area contributed by atoms with Gasteiger partial charge in [0.15, 0.2) is 5.82 Å². The van der Waals surface area contributed by atoms with Crippen LogP contribution >= 0.6 is 46.0 Å². The number of nitriles is 1. The number of aliphatic hydroxyl groups is 1. The Morgan fingerprint density at radius 1 is 1.31 bits per heavy atom. The van der Waals surface area contributed by atoms with Crippen LogP contribution in [-0.4, -0.2) is 63.0 Å². The van der Waals surface area contributed by atoms with E-state index < -0.39 is 0 Å². The zero-order valence-corrected chi connectivity index (χ0v) is 23.1. The lowest BCUT2D eigenvalue weighted by Gasteiger charge is -2.41. The molecule has 3 N–H and O–H groups in total. The molecule has 3 aliphatic rings. The minimum absolute atomic E-state index is 0.0134. The summed E-state index contributed by atoms with van der Waals surface area (Å²) in [6.07, 6.45) is 3.57. The van der Waals surface area contributed by atoms with Crippen molar-refractivity contribution in [2.45, 2.75) is 46.4 Å². The fraction of sp³-hybridized carbons (Fsp3) is 0.565. The Morgan fingerprint density at radius 2 is 2.06 bits per heavy atom. The van der Waals surface area contributed by atoms with Gasteiger partial charge >= 0.3 is 0 Å². The van der Waals surface area contributed by atoms with E-state index in [2.05, 4.69) is 38.5 Å². The second-order valence-corrected chi connectivity index (χ2v) is 12.0. The molecule has 186 valence electrons. The summed E-state index contributed by atoms with van der Waals surface area (Å²) in [7, 11) is 0. The van der Waals surface area contributed by atoms with Gasteiger partial charge in [0, 0.05) is 48.7 Å². The molecule has 1 spiro atoms. The van der Waals surface area contributed by atoms with Crippen molar-refractivity contribution in [2.24, 2.45) is 17.1 Å². The lowest BCUT2D eigenvalue weighted by atomic mass is 9.75. The smallest absolute Gasteiger partial charge is 0.153 e. The molecule has 0 bridgehead atoms. The van der Waals surface area contributed by atoms with Crippen molar-refractivity contribution in [3.8, 4) is 6.07 Å². The molecule has 2 atom stereocenters. The third kappa shape index (κ3) is 4.69. The first-order valence-electron chi connectivity index (χ1n) is 11.6. The molecule has 9 nitrogen and oxygen atoms in total. The summed E-state index contributed by atoms with van der Waals surface area (Å²) in [5.41, 5.74) is 7.80. The van der Waals surface area contributed by atoms with E-state index in [1.807, 2.05) is 17.9 Å². The highest BCUT2D eigenvalue weighted by Crippen LogP contribution is 2.44. The van der Waals surface area contributed by atoms with Gasteiger partial charge in [0.25, 0.3) is 0 Å². The minimum Gasteiger partial charge on any atom is -0.390 e. The van der Waals surface area contributed by atoms with Crippen LogP contribution in [-0.2, 0) is 11.3 Å². The molecule has 5 rings (SSSR count). The largest absolute Gasteiger partial charge is 0.390 e. The number of anilines is 2. The van der Waals surface area contributed by atoms with Crippen LogP contribution in [0.25, 0.3) is 0 Å². The van der Waals surface area contributed by atoms with Crippen molar-refractivity contribution >= 4 is 57.6 Å². The van der Waals surface area contributed by atoms with Gasteiger partial charge < -0.3 is 25.4 Å². The number of hydrogen-bond acceptors (Lipinski definition) is 10. The Morgan fingerprint density at radius 3 is 2.69 bits per heavy atom. The molecule has 3 aliphatic heterocycles. The van der Waals surface area contributed by atoms with E-state index in [0.717, 1.165) is 42.3 Å². The molecule has 0 saturated carbocycles. The number of halogens is 2. The van der Waals surface area contributed by atoms with E-state index in [9.17, 15) is 5.11 Å². The standard InChI is InChI=1S/C23H27ClIN7O2S/c1-13-22(35-16-2-5-28-21(17(16)24)32-9-14(8-26)10-32)30-15(11-33)20(29-13)31-6-3-23(4-7-31)12-34-19(25)18(23)27/h2,5,14,18-19,33H,3-4,6-7,9-12,27H2,1H3/t18-,19-/m1/s1. The van der Waals surface area contributed by atoms with E-state index in [4.69, 9.17) is 37.3 Å². The fourth-order valence-corrected chi connectivity index (χ4v) is 7.05. The van der Waals surface area contributed by atoms with Crippen LogP contribution in [0.1, 0.15) is 24.2 Å². The second kappa shape index (κ2) is 10.1. The van der Waals surface area contributed by atoms with Crippen LogP contribution in [0.15, 0.2) is 22.2 Å². The zero-order valence-electron chi connectivity index (χ0n) is 19.3. The summed E-state index contributed by atoms with van der Waals surface area (Å²) >= 11 is 10.4. The molecule has 0 aromatic carbocycles. The molecule has 5 heterocycles. The number of nitrogens with two attached hydrogens (primary N) is 1. The number of nitrogens with zero attached hydrogens (tertiary/aromatic N) is 6. The van der Waals surface area contributed by atoms with Gasteiger partial charge in [0.1, 0.15) is 20.6 Å². The normalized spacial score (nSPS) is 24.0. The second-order valence-electron chi connectivity index (χ2n) is 9.36. The number of aromatic nitrogens is 3. The van der Waals surface area contributed by atoms with Crippen molar-refractivity contribution in [2.75, 3.05) is 42.6 Å². The summed E-state index contributed by atoms with van der Waals surface area (Å²) in [6.45, 7) is 5.29. The van der Waals surface area contributed by atoms with E-state index in [0.29, 0.717) is 41.3 Å². The summed E-state index contributed by atoms with van der Waals surface area (Å²) in [5, 5.41) is 20.4. The van der Waals surface area contributed by atoms with Gasteiger partial charge in [-0.2, -0.15) is 5.26 Å². The van der Waals surface area contributed by atoms with E-state index in [-0.39, 0.29) is 28.1 Å². The van der Waals surface area contributed by atoms with Gasteiger partial charge in [-0.25, -0.2) is 15.0 Å². The van der Waals surface area contributed by atoms with E-state index >= 15 is 0 Å². The predicted molar refractivity (Wildman–Crippen MR) is 143 cm³/mol. The quantitative estimate of drug-likeness (QED) is 0.377. The Labute approximate surface area is 227 Å². The number of piperidine rings is 1. The third-order valence-electron chi connectivity index (χ3n) is 7.21. The minimum atomic E-state index is -0.199. The van der Waals surface area contributed by atoms with Crippen molar-refractivity contribution < 1.29 is 9.84 Å². The lowest BCUT2D eigenvalue weighted by Crippen LogP contribution is -2.50. The first-order valence-corrected chi connectivity index (χ1v) is 14.0. The molecule has 0 radical (unpaired) electrons. The van der Waals surface area contributed by atoms with Gasteiger partial charge in [0.2, 0.25) is 0 Å². The Balaban J connectivity index is 1.34. The van der Waals surface area contributed by atoms with Crippen LogP contribution in [0, 0.1) is 29.6 Å². The molecule has 0 aliphatic carbocycles. The molecule has 0 unspecified atom stereocenters. The van der Waals surface area contributed by atoms with Crippen molar-refractivity contribution in [1.29, 1.82) is 5.26 Å². The fourth-order valence-electron chi connectivity index (χ4n) is 4.90. The maximum absolute atomic E-state index is 10.1. The van der Waals surface area contributed by atoms with Crippen LogP contribution in [0.4, 0.5) is 11.6 Å². The predicted octanol–water partition coefficient (Wildman–Crippen LogP) is 3.14. The zero-order chi connectivity index (χ0) is 24.7. The summed E-state index contributed by atoms with van der Waals surface area (Å²) < 4.78 is 5.89. The van der Waals surface area contributed by atoms with Gasteiger partial charge in [0.05, 0.1) is 35.9 Å². The molecule has 3 fully saturated rings. The Bertz CT molecular complexity index is 1150. The first kappa shape index (κ1) is 25.2. The number of alkyl halides is 1. The average Bonchev–Trinajstić information content (AvgIpc) is 3.10. The number of aryl methyl sites for hydroxylation is 1. The van der Waals surface area contributed by atoms with Gasteiger partial charge in [-0.05, 0) is 48.4 Å². The SMILES string of the molecule is Cc1nc(N2CCC3(CC2)CO[C@@H](I)[C@H]3N)c(CO)nc1Sc1ccnc(N2CC(C#N)C2)c1Cl. The highest BCUT2D eigenvalue weighted by atomic mass is 127. The molecule has 0 amide bonds. The Hall–Kier alpha value is -1.43. The molecule has 2 aromatic heterocycles. The maximum Gasteiger partial charge on any atom is 0.153 e. The summed E-state index contributed by atoms with van der Waals surface area (Å²) in [5.74, 6) is 1.42. The molecular weight excluding hydrogens is 601 g/mol. The number of aliphatic hydroxyl groups excluding tert-OH is 1. The van der Waals surface area contributed by atoms with Gasteiger partial charge in [-0.3, -0.25) is 0 Å². The van der Waals surface area contributed by atoms with Crippen LogP contribution < -0.4 is 15.5 Å². The monoisotopic (exact) mass is 627 g/mol. The van der Waals surface area contributed by atoms with Crippen molar-refractivity contribution in [3.05, 3.63) is 28.7 Å².